The summed E-state index contributed by atoms with van der Waals surface area (Å²) in [6.45, 7) is 0. The molecule has 96 valence electrons. The second kappa shape index (κ2) is 6.59. The largest absolute Gasteiger partial charge is 0.303 e. The van der Waals surface area contributed by atoms with Gasteiger partial charge in [0.05, 0.1) is 0 Å². The quantitative estimate of drug-likeness (QED) is 0.839. The molecule has 0 saturated heterocycles. The standard InChI is InChI=1S/C14H17BrN2O/c15-12-9-7-11(8-10-12)14(18)17-16-13-5-3-1-2-4-6-13/h5,7-10,16H,1-4,6H2,(H,17,18). The molecule has 3 nitrogen and oxygen atoms in total. The highest BCUT2D eigenvalue weighted by atomic mass is 79.9. The molecule has 0 saturated carbocycles. The third kappa shape index (κ3) is 3.88. The van der Waals surface area contributed by atoms with E-state index in [1.54, 1.807) is 12.1 Å². The van der Waals surface area contributed by atoms with E-state index in [0.29, 0.717) is 5.56 Å². The van der Waals surface area contributed by atoms with Crippen molar-refractivity contribution in [2.45, 2.75) is 32.1 Å². The number of carbonyl (C=O) groups excluding carboxylic acids is 1. The molecule has 1 aliphatic carbocycles. The van der Waals surface area contributed by atoms with E-state index in [-0.39, 0.29) is 5.91 Å². The van der Waals surface area contributed by atoms with Gasteiger partial charge in [-0.2, -0.15) is 0 Å². The summed E-state index contributed by atoms with van der Waals surface area (Å²) in [5.74, 6) is -0.104. The van der Waals surface area contributed by atoms with Crippen molar-refractivity contribution in [3.05, 3.63) is 46.1 Å². The van der Waals surface area contributed by atoms with Crippen molar-refractivity contribution in [2.24, 2.45) is 0 Å². The minimum absolute atomic E-state index is 0.104. The molecule has 0 spiro atoms. The fraction of sp³-hybridized carbons (Fsp3) is 0.357. The van der Waals surface area contributed by atoms with Crippen LogP contribution in [0, 0.1) is 0 Å². The number of hydrazine groups is 1. The maximum atomic E-state index is 11.9. The van der Waals surface area contributed by atoms with Gasteiger partial charge in [-0.25, -0.2) is 0 Å². The van der Waals surface area contributed by atoms with E-state index >= 15 is 0 Å². The predicted octanol–water partition coefficient (Wildman–Crippen LogP) is 3.53. The van der Waals surface area contributed by atoms with Crippen molar-refractivity contribution in [1.29, 1.82) is 0 Å². The van der Waals surface area contributed by atoms with Crippen LogP contribution < -0.4 is 10.9 Å². The number of allylic oxidation sites excluding steroid dienone is 2. The molecule has 1 amide bonds. The Bertz CT molecular complexity index is 440. The molecule has 1 aromatic carbocycles. The molecule has 1 aromatic rings. The molecule has 1 aliphatic rings. The Morgan fingerprint density at radius 2 is 1.89 bits per heavy atom. The Hall–Kier alpha value is -1.29. The first-order valence-corrected chi connectivity index (χ1v) is 7.06. The zero-order valence-corrected chi connectivity index (χ0v) is 11.8. The van der Waals surface area contributed by atoms with E-state index in [9.17, 15) is 4.79 Å². The van der Waals surface area contributed by atoms with E-state index in [2.05, 4.69) is 32.9 Å². The van der Waals surface area contributed by atoms with Gasteiger partial charge in [0.1, 0.15) is 0 Å². The van der Waals surface area contributed by atoms with Gasteiger partial charge < -0.3 is 5.43 Å². The summed E-state index contributed by atoms with van der Waals surface area (Å²) in [7, 11) is 0. The van der Waals surface area contributed by atoms with Crippen LogP contribution in [0.2, 0.25) is 0 Å². The van der Waals surface area contributed by atoms with E-state index in [1.807, 2.05) is 12.1 Å². The van der Waals surface area contributed by atoms with Gasteiger partial charge in [-0.3, -0.25) is 10.2 Å². The Morgan fingerprint density at radius 1 is 1.11 bits per heavy atom. The number of hydrogen-bond acceptors (Lipinski definition) is 2. The molecule has 18 heavy (non-hydrogen) atoms. The molecular formula is C14H17BrN2O. The Balaban J connectivity index is 1.87. The molecule has 2 N–H and O–H groups in total. The summed E-state index contributed by atoms with van der Waals surface area (Å²) in [6.07, 6.45) is 7.98. The molecule has 0 heterocycles. The number of rotatable bonds is 3. The third-order valence-corrected chi connectivity index (χ3v) is 3.51. The smallest absolute Gasteiger partial charge is 0.269 e. The van der Waals surface area contributed by atoms with E-state index < -0.39 is 0 Å². The number of carbonyl (C=O) groups is 1. The van der Waals surface area contributed by atoms with E-state index in [4.69, 9.17) is 0 Å². The van der Waals surface area contributed by atoms with Crippen molar-refractivity contribution in [3.8, 4) is 0 Å². The fourth-order valence-corrected chi connectivity index (χ4v) is 2.20. The van der Waals surface area contributed by atoms with Crippen molar-refractivity contribution in [2.75, 3.05) is 0 Å². The molecular weight excluding hydrogens is 292 g/mol. The number of hydrogen-bond donors (Lipinski definition) is 2. The van der Waals surface area contributed by atoms with Gasteiger partial charge in [0, 0.05) is 15.7 Å². The molecule has 0 unspecified atom stereocenters. The van der Waals surface area contributed by atoms with Gasteiger partial charge in [0.25, 0.3) is 5.91 Å². The average Bonchev–Trinajstić information content (AvgIpc) is 2.65. The molecule has 0 bridgehead atoms. The highest BCUT2D eigenvalue weighted by molar-refractivity contribution is 9.10. The molecule has 4 heteroatoms. The van der Waals surface area contributed by atoms with Crippen LogP contribution in [0.1, 0.15) is 42.5 Å². The van der Waals surface area contributed by atoms with Crippen LogP contribution in [0.3, 0.4) is 0 Å². The van der Waals surface area contributed by atoms with Gasteiger partial charge in [-0.1, -0.05) is 28.4 Å². The van der Waals surface area contributed by atoms with Crippen molar-refractivity contribution >= 4 is 21.8 Å². The zero-order valence-electron chi connectivity index (χ0n) is 10.2. The summed E-state index contributed by atoms with van der Waals surface area (Å²) in [5, 5.41) is 0. The molecule has 2 rings (SSSR count). The summed E-state index contributed by atoms with van der Waals surface area (Å²) in [4.78, 5) is 11.9. The number of nitrogens with one attached hydrogen (secondary N) is 2. The summed E-state index contributed by atoms with van der Waals surface area (Å²) >= 11 is 3.35. The summed E-state index contributed by atoms with van der Waals surface area (Å²) < 4.78 is 0.971. The van der Waals surface area contributed by atoms with Crippen LogP contribution in [0.15, 0.2) is 40.5 Å². The lowest BCUT2D eigenvalue weighted by Crippen LogP contribution is -2.36. The first-order chi connectivity index (χ1) is 8.75. The van der Waals surface area contributed by atoms with Crippen LogP contribution in [0.25, 0.3) is 0 Å². The molecule has 0 radical (unpaired) electrons. The fourth-order valence-electron chi connectivity index (χ4n) is 1.94. The molecule has 0 aromatic heterocycles. The van der Waals surface area contributed by atoms with Crippen molar-refractivity contribution < 1.29 is 4.79 Å². The highest BCUT2D eigenvalue weighted by Crippen LogP contribution is 2.14. The SMILES string of the molecule is O=C(NNC1=CCCCCC1)c1ccc(Br)cc1. The van der Waals surface area contributed by atoms with Gasteiger partial charge in [0.15, 0.2) is 0 Å². The second-order valence-corrected chi connectivity index (χ2v) is 5.33. The maximum Gasteiger partial charge on any atom is 0.269 e. The predicted molar refractivity (Wildman–Crippen MR) is 75.9 cm³/mol. The van der Waals surface area contributed by atoms with Gasteiger partial charge in [-0.05, 0) is 49.9 Å². The van der Waals surface area contributed by atoms with Crippen LogP contribution in [-0.4, -0.2) is 5.91 Å². The lowest BCUT2D eigenvalue weighted by Gasteiger charge is -2.11. The van der Waals surface area contributed by atoms with Crippen LogP contribution in [0.4, 0.5) is 0 Å². The Kier molecular flexibility index (Phi) is 4.81. The lowest BCUT2D eigenvalue weighted by molar-refractivity contribution is 0.0938. The topological polar surface area (TPSA) is 41.1 Å². The van der Waals surface area contributed by atoms with Crippen LogP contribution >= 0.6 is 15.9 Å². The van der Waals surface area contributed by atoms with Gasteiger partial charge in [0.2, 0.25) is 0 Å². The third-order valence-electron chi connectivity index (χ3n) is 2.98. The zero-order chi connectivity index (χ0) is 12.8. The first-order valence-electron chi connectivity index (χ1n) is 6.26. The normalized spacial score (nSPS) is 15.5. The number of benzene rings is 1. The second-order valence-electron chi connectivity index (χ2n) is 4.41. The summed E-state index contributed by atoms with van der Waals surface area (Å²) in [6, 6.07) is 7.31. The lowest BCUT2D eigenvalue weighted by atomic mass is 10.2. The Labute approximate surface area is 116 Å². The molecule has 0 aliphatic heterocycles. The number of halogens is 1. The van der Waals surface area contributed by atoms with Crippen LogP contribution in [-0.2, 0) is 0 Å². The van der Waals surface area contributed by atoms with Crippen LogP contribution in [0.5, 0.6) is 0 Å². The average molecular weight is 309 g/mol. The van der Waals surface area contributed by atoms with Gasteiger partial charge in [-0.15, -0.1) is 0 Å². The maximum absolute atomic E-state index is 11.9. The monoisotopic (exact) mass is 308 g/mol. The van der Waals surface area contributed by atoms with Gasteiger partial charge >= 0.3 is 0 Å². The van der Waals surface area contributed by atoms with Crippen molar-refractivity contribution in [3.63, 3.8) is 0 Å². The minimum Gasteiger partial charge on any atom is -0.303 e. The van der Waals surface area contributed by atoms with Crippen molar-refractivity contribution in [1.82, 2.24) is 10.9 Å². The number of amides is 1. The first kappa shape index (κ1) is 13.1. The molecule has 0 atom stereocenters. The van der Waals surface area contributed by atoms with E-state index in [1.165, 1.54) is 19.3 Å². The van der Waals surface area contributed by atoms with E-state index in [0.717, 1.165) is 23.0 Å². The Morgan fingerprint density at radius 3 is 2.67 bits per heavy atom. The summed E-state index contributed by atoms with van der Waals surface area (Å²) in [5.41, 5.74) is 7.54. The minimum atomic E-state index is -0.104. The highest BCUT2D eigenvalue weighted by Gasteiger charge is 2.06. The molecule has 0 fully saturated rings.